The van der Waals surface area contributed by atoms with Crippen molar-refractivity contribution in [2.75, 3.05) is 18.0 Å². The van der Waals surface area contributed by atoms with Crippen LogP contribution in [0.3, 0.4) is 0 Å². The van der Waals surface area contributed by atoms with Crippen LogP contribution in [0, 0.1) is 19.8 Å². The molecule has 0 saturated carbocycles. The molecule has 1 N–H and O–H groups in total. The molecule has 0 amide bonds. The molecule has 0 spiro atoms. The van der Waals surface area contributed by atoms with Crippen LogP contribution >= 0.6 is 11.5 Å². The second-order valence-electron chi connectivity index (χ2n) is 8.34. The van der Waals surface area contributed by atoms with Gasteiger partial charge in [-0.05, 0) is 37.1 Å². The zero-order valence-corrected chi connectivity index (χ0v) is 19.2. The highest BCUT2D eigenvalue weighted by Gasteiger charge is 2.34. The second kappa shape index (κ2) is 8.41. The van der Waals surface area contributed by atoms with Crippen molar-refractivity contribution in [2.24, 2.45) is 5.92 Å². The average molecular weight is 477 g/mol. The number of hydrogen-bond acceptors (Lipinski definition) is 9. The van der Waals surface area contributed by atoms with Crippen LogP contribution in [0.1, 0.15) is 27.2 Å². The van der Waals surface area contributed by atoms with E-state index in [1.54, 1.807) is 19.2 Å². The molecule has 0 radical (unpaired) electrons. The maximum absolute atomic E-state index is 12.9. The minimum Gasteiger partial charge on any atom is -0.477 e. The van der Waals surface area contributed by atoms with Gasteiger partial charge in [-0.3, -0.25) is 19.1 Å². The lowest BCUT2D eigenvalue weighted by Gasteiger charge is -2.39. The van der Waals surface area contributed by atoms with Crippen LogP contribution in [0.5, 0.6) is 0 Å². The smallest absolute Gasteiger partial charge is 0.341 e. The van der Waals surface area contributed by atoms with Gasteiger partial charge in [0.1, 0.15) is 23.5 Å². The summed E-state index contributed by atoms with van der Waals surface area (Å²) >= 11 is 1.07. The molecule has 0 aliphatic carbocycles. The SMILES string of the molecule is Cc1ccc(CC(=O)C2CN(c3cc(C)c4c(=O)c(C(=O)O)cn(-c5ncns5)c4n3)C2)nc1. The Bertz CT molecular complexity index is 1470. The van der Waals surface area contributed by atoms with Crippen LogP contribution < -0.4 is 10.3 Å². The number of carboxylic acid groups (broad SMARTS) is 1. The Balaban J connectivity index is 1.45. The summed E-state index contributed by atoms with van der Waals surface area (Å²) in [6.45, 7) is 4.72. The van der Waals surface area contributed by atoms with Crippen LogP contribution in [0.4, 0.5) is 5.82 Å². The molecule has 1 fully saturated rings. The summed E-state index contributed by atoms with van der Waals surface area (Å²) in [6.07, 6.45) is 4.64. The van der Waals surface area contributed by atoms with E-state index < -0.39 is 11.4 Å². The first-order chi connectivity index (χ1) is 16.3. The Hall–Kier alpha value is -3.99. The summed E-state index contributed by atoms with van der Waals surface area (Å²) in [5.41, 5.74) is 1.75. The lowest BCUT2D eigenvalue weighted by Crippen LogP contribution is -2.51. The highest BCUT2D eigenvalue weighted by molar-refractivity contribution is 7.08. The van der Waals surface area contributed by atoms with Crippen molar-refractivity contribution in [2.45, 2.75) is 20.3 Å². The van der Waals surface area contributed by atoms with Gasteiger partial charge >= 0.3 is 5.97 Å². The zero-order chi connectivity index (χ0) is 24.0. The lowest BCUT2D eigenvalue weighted by atomic mass is 9.92. The maximum atomic E-state index is 12.9. The van der Waals surface area contributed by atoms with Gasteiger partial charge in [-0.15, -0.1) is 0 Å². The van der Waals surface area contributed by atoms with Gasteiger partial charge in [-0.2, -0.15) is 4.37 Å². The summed E-state index contributed by atoms with van der Waals surface area (Å²) in [7, 11) is 0. The van der Waals surface area contributed by atoms with E-state index in [1.165, 1.54) is 17.1 Å². The van der Waals surface area contributed by atoms with E-state index in [1.807, 2.05) is 24.0 Å². The number of carbonyl (C=O) groups is 2. The van der Waals surface area contributed by atoms with Crippen molar-refractivity contribution < 1.29 is 14.7 Å². The van der Waals surface area contributed by atoms with Crippen LogP contribution in [-0.4, -0.2) is 53.8 Å². The molecule has 5 rings (SSSR count). The molecular formula is C23H20N6O4S. The van der Waals surface area contributed by atoms with Gasteiger partial charge in [0.05, 0.1) is 11.3 Å². The number of aromatic carboxylic acids is 1. The predicted octanol–water partition coefficient (Wildman–Crippen LogP) is 2.20. The molecule has 172 valence electrons. The quantitative estimate of drug-likeness (QED) is 0.445. The van der Waals surface area contributed by atoms with Crippen molar-refractivity contribution in [1.29, 1.82) is 0 Å². The van der Waals surface area contributed by atoms with Crippen molar-refractivity contribution >= 4 is 40.1 Å². The molecule has 34 heavy (non-hydrogen) atoms. The minimum absolute atomic E-state index is 0.124. The molecule has 4 aromatic rings. The molecule has 1 aliphatic rings. The van der Waals surface area contributed by atoms with Crippen molar-refractivity contribution in [1.82, 2.24) is 23.9 Å². The van der Waals surface area contributed by atoms with Gasteiger partial charge in [0.25, 0.3) is 0 Å². The molecule has 0 atom stereocenters. The van der Waals surface area contributed by atoms with Crippen LogP contribution in [-0.2, 0) is 11.2 Å². The lowest BCUT2D eigenvalue weighted by molar-refractivity contribution is -0.123. The fraction of sp³-hybridized carbons (Fsp3) is 0.261. The number of nitrogens with zero attached hydrogens (tertiary/aromatic N) is 6. The Labute approximate surface area is 197 Å². The van der Waals surface area contributed by atoms with E-state index in [4.69, 9.17) is 0 Å². The number of aryl methyl sites for hydroxylation is 2. The standard InChI is InChI=1S/C23H20N6O4S/c1-12-3-4-15(24-7-12)6-17(30)14-8-28(9-14)18-5-13(2)19-20(31)16(22(32)33)10-29(21(19)27-18)23-25-11-26-34-23/h3-5,7,10-11,14H,6,8-9H2,1-2H3,(H,32,33). The normalized spacial score (nSPS) is 13.8. The number of ketones is 1. The third-order valence-corrected chi connectivity index (χ3v) is 6.58. The zero-order valence-electron chi connectivity index (χ0n) is 18.4. The third kappa shape index (κ3) is 3.83. The number of fused-ring (bicyclic) bond motifs is 1. The van der Waals surface area contributed by atoms with E-state index in [-0.39, 0.29) is 29.1 Å². The van der Waals surface area contributed by atoms with Gasteiger partial charge in [0, 0.05) is 49.1 Å². The maximum Gasteiger partial charge on any atom is 0.341 e. The summed E-state index contributed by atoms with van der Waals surface area (Å²) in [4.78, 5) is 52.4. The number of Topliss-reactive ketones (excluding diaryl/α,β-unsaturated/α-hetero) is 1. The van der Waals surface area contributed by atoms with Crippen LogP contribution in [0.15, 0.2) is 41.7 Å². The molecule has 1 aliphatic heterocycles. The first-order valence-corrected chi connectivity index (χ1v) is 11.4. The number of carbonyl (C=O) groups excluding carboxylic acids is 1. The number of carboxylic acids is 1. The molecule has 0 bridgehead atoms. The molecule has 0 aromatic carbocycles. The van der Waals surface area contributed by atoms with Crippen LogP contribution in [0.25, 0.3) is 16.2 Å². The van der Waals surface area contributed by atoms with Crippen molar-refractivity contribution in [3.05, 3.63) is 69.5 Å². The van der Waals surface area contributed by atoms with E-state index in [2.05, 4.69) is 19.3 Å². The molecule has 0 unspecified atom stereocenters. The molecule has 4 aromatic heterocycles. The largest absolute Gasteiger partial charge is 0.477 e. The number of rotatable bonds is 6. The number of pyridine rings is 3. The summed E-state index contributed by atoms with van der Waals surface area (Å²) in [6, 6.07) is 5.57. The van der Waals surface area contributed by atoms with Gasteiger partial charge < -0.3 is 10.0 Å². The van der Waals surface area contributed by atoms with E-state index >= 15 is 0 Å². The van der Waals surface area contributed by atoms with E-state index in [0.717, 1.165) is 22.8 Å². The van der Waals surface area contributed by atoms with Gasteiger partial charge in [0.2, 0.25) is 10.6 Å². The molecule has 5 heterocycles. The van der Waals surface area contributed by atoms with Gasteiger partial charge in [-0.25, -0.2) is 14.8 Å². The first-order valence-electron chi connectivity index (χ1n) is 10.6. The van der Waals surface area contributed by atoms with Crippen LogP contribution in [0.2, 0.25) is 0 Å². The van der Waals surface area contributed by atoms with E-state index in [0.29, 0.717) is 35.2 Å². The Morgan fingerprint density at radius 2 is 2.00 bits per heavy atom. The molecule has 11 heteroatoms. The highest BCUT2D eigenvalue weighted by atomic mass is 32.1. The van der Waals surface area contributed by atoms with Gasteiger partial charge in [-0.1, -0.05) is 6.07 Å². The number of hydrogen-bond donors (Lipinski definition) is 1. The number of anilines is 1. The fourth-order valence-corrected chi connectivity index (χ4v) is 4.52. The Kier molecular flexibility index (Phi) is 5.40. The van der Waals surface area contributed by atoms with Gasteiger partial charge in [0.15, 0.2) is 5.65 Å². The first kappa shape index (κ1) is 21.8. The minimum atomic E-state index is -1.32. The third-order valence-electron chi connectivity index (χ3n) is 5.92. The highest BCUT2D eigenvalue weighted by Crippen LogP contribution is 2.29. The molecule has 1 saturated heterocycles. The molecule has 10 nitrogen and oxygen atoms in total. The second-order valence-corrected chi connectivity index (χ2v) is 9.10. The predicted molar refractivity (Wildman–Crippen MR) is 126 cm³/mol. The summed E-state index contributed by atoms with van der Waals surface area (Å²) in [5, 5.41) is 10.1. The summed E-state index contributed by atoms with van der Waals surface area (Å²) < 4.78 is 5.47. The number of aromatic nitrogens is 5. The monoisotopic (exact) mass is 476 g/mol. The fourth-order valence-electron chi connectivity index (χ4n) is 4.01. The van der Waals surface area contributed by atoms with Crippen molar-refractivity contribution in [3.63, 3.8) is 0 Å². The Morgan fingerprint density at radius 3 is 2.65 bits per heavy atom. The van der Waals surface area contributed by atoms with E-state index in [9.17, 15) is 19.5 Å². The average Bonchev–Trinajstić information content (AvgIpc) is 3.29. The Morgan fingerprint density at radius 1 is 1.21 bits per heavy atom. The summed E-state index contributed by atoms with van der Waals surface area (Å²) in [5.74, 6) is -0.702. The molecular weight excluding hydrogens is 456 g/mol. The van der Waals surface area contributed by atoms with Crippen molar-refractivity contribution in [3.8, 4) is 5.13 Å². The topological polar surface area (TPSA) is 131 Å².